The number of fused-ring (bicyclic) bond motifs is 1. The van der Waals surface area contributed by atoms with Gasteiger partial charge in [0.15, 0.2) is 0 Å². The van der Waals surface area contributed by atoms with E-state index >= 15 is 0 Å². The molecule has 0 amide bonds. The largest absolute Gasteiger partial charge is 0.313 e. The Hall–Kier alpha value is -1.07. The van der Waals surface area contributed by atoms with Crippen molar-refractivity contribution in [2.75, 3.05) is 11.3 Å². The van der Waals surface area contributed by atoms with Crippen LogP contribution in [0.2, 0.25) is 0 Å². The summed E-state index contributed by atoms with van der Waals surface area (Å²) in [5.74, 6) is 0. The Morgan fingerprint density at radius 3 is 2.75 bits per heavy atom. The van der Waals surface area contributed by atoms with Crippen LogP contribution in [0.5, 0.6) is 0 Å². The Bertz CT molecular complexity index is 594. The maximum absolute atomic E-state index is 12.3. The smallest absolute Gasteiger partial charge is 0.236 e. The summed E-state index contributed by atoms with van der Waals surface area (Å²) >= 11 is 0. The molecule has 1 aromatic rings. The summed E-state index contributed by atoms with van der Waals surface area (Å²) in [7, 11) is -3.31. The zero-order valence-corrected chi connectivity index (χ0v) is 12.7. The molecule has 0 saturated heterocycles. The van der Waals surface area contributed by atoms with E-state index in [0.717, 1.165) is 12.8 Å². The highest BCUT2D eigenvalue weighted by Crippen LogP contribution is 2.25. The van der Waals surface area contributed by atoms with Crippen molar-refractivity contribution in [3.05, 3.63) is 29.3 Å². The monoisotopic (exact) mass is 294 g/mol. The molecule has 5 heteroatoms. The zero-order valence-electron chi connectivity index (χ0n) is 11.9. The summed E-state index contributed by atoms with van der Waals surface area (Å²) in [5.41, 5.74) is 3.34. The lowest BCUT2D eigenvalue weighted by atomic mass is 10.1. The number of sulfonamides is 1. The molecule has 0 heterocycles. The summed E-state index contributed by atoms with van der Waals surface area (Å²) in [5, 5.41) is 2.85. The number of benzene rings is 1. The molecule has 0 radical (unpaired) electrons. The maximum atomic E-state index is 12.3. The second kappa shape index (κ2) is 5.37. The highest BCUT2D eigenvalue weighted by atomic mass is 32.2. The number of aryl methyl sites for hydroxylation is 2. The minimum atomic E-state index is -3.31. The number of nitrogens with one attached hydrogen (secondary N) is 2. The normalized spacial score (nSPS) is 19.6. The third kappa shape index (κ3) is 3.15. The molecule has 2 aliphatic rings. The lowest BCUT2D eigenvalue weighted by molar-refractivity contribution is 0.576. The SMILES string of the molecule is CC(CNC1CC1)S(=O)(=O)Nc1ccc2c(c1)CCC2. The van der Waals surface area contributed by atoms with Gasteiger partial charge in [-0.1, -0.05) is 6.07 Å². The van der Waals surface area contributed by atoms with E-state index in [-0.39, 0.29) is 0 Å². The quantitative estimate of drug-likeness (QED) is 0.844. The number of anilines is 1. The first kappa shape index (κ1) is 13.9. The van der Waals surface area contributed by atoms with E-state index < -0.39 is 15.3 Å². The molecular formula is C15H22N2O2S. The van der Waals surface area contributed by atoms with Gasteiger partial charge in [0.2, 0.25) is 10.0 Å². The lowest BCUT2D eigenvalue weighted by Crippen LogP contribution is -2.35. The van der Waals surface area contributed by atoms with Gasteiger partial charge in [-0.15, -0.1) is 0 Å². The molecule has 0 spiro atoms. The van der Waals surface area contributed by atoms with Crippen LogP contribution in [0.15, 0.2) is 18.2 Å². The first-order valence-corrected chi connectivity index (χ1v) is 8.96. The molecule has 1 atom stereocenters. The molecule has 4 nitrogen and oxygen atoms in total. The van der Waals surface area contributed by atoms with Crippen LogP contribution in [0.3, 0.4) is 0 Å². The molecule has 0 aromatic heterocycles. The molecule has 2 aliphatic carbocycles. The highest BCUT2D eigenvalue weighted by molar-refractivity contribution is 7.93. The van der Waals surface area contributed by atoms with Gasteiger partial charge in [-0.2, -0.15) is 0 Å². The summed E-state index contributed by atoms with van der Waals surface area (Å²) < 4.78 is 27.3. The molecule has 0 aliphatic heterocycles. The van der Waals surface area contributed by atoms with Crippen molar-refractivity contribution >= 4 is 15.7 Å². The third-order valence-electron chi connectivity index (χ3n) is 4.16. The fraction of sp³-hybridized carbons (Fsp3) is 0.600. The molecular weight excluding hydrogens is 272 g/mol. The van der Waals surface area contributed by atoms with Gasteiger partial charge in [0.1, 0.15) is 0 Å². The summed E-state index contributed by atoms with van der Waals surface area (Å²) in [6.07, 6.45) is 5.69. The Balaban J connectivity index is 1.65. The minimum Gasteiger partial charge on any atom is -0.313 e. The van der Waals surface area contributed by atoms with Crippen LogP contribution in [0.25, 0.3) is 0 Å². The number of rotatable bonds is 6. The van der Waals surface area contributed by atoms with Crippen LogP contribution in [0.1, 0.15) is 37.3 Å². The summed E-state index contributed by atoms with van der Waals surface area (Å²) in [6, 6.07) is 6.45. The highest BCUT2D eigenvalue weighted by Gasteiger charge is 2.26. The van der Waals surface area contributed by atoms with E-state index in [0.29, 0.717) is 18.3 Å². The Morgan fingerprint density at radius 2 is 2.00 bits per heavy atom. The van der Waals surface area contributed by atoms with E-state index in [2.05, 4.69) is 10.0 Å². The van der Waals surface area contributed by atoms with Gasteiger partial charge in [-0.05, 0) is 62.3 Å². The molecule has 3 rings (SSSR count). The van der Waals surface area contributed by atoms with Crippen molar-refractivity contribution < 1.29 is 8.42 Å². The van der Waals surface area contributed by atoms with Crippen LogP contribution >= 0.6 is 0 Å². The average Bonchev–Trinajstić information content (AvgIpc) is 3.12. The van der Waals surface area contributed by atoms with Gasteiger partial charge in [-0.25, -0.2) is 8.42 Å². The van der Waals surface area contributed by atoms with Crippen LogP contribution in [-0.2, 0) is 22.9 Å². The van der Waals surface area contributed by atoms with Crippen molar-refractivity contribution in [3.8, 4) is 0 Å². The van der Waals surface area contributed by atoms with Crippen LogP contribution in [0.4, 0.5) is 5.69 Å². The Labute approximate surface area is 121 Å². The van der Waals surface area contributed by atoms with Gasteiger partial charge in [0.05, 0.1) is 5.25 Å². The summed E-state index contributed by atoms with van der Waals surface area (Å²) in [4.78, 5) is 0. The van der Waals surface area contributed by atoms with Crippen molar-refractivity contribution in [2.45, 2.75) is 50.3 Å². The maximum Gasteiger partial charge on any atom is 0.236 e. The van der Waals surface area contributed by atoms with Gasteiger partial charge >= 0.3 is 0 Å². The molecule has 1 saturated carbocycles. The molecule has 2 N–H and O–H groups in total. The van der Waals surface area contributed by atoms with Crippen LogP contribution in [-0.4, -0.2) is 26.3 Å². The van der Waals surface area contributed by atoms with Crippen LogP contribution in [0, 0.1) is 0 Å². The molecule has 20 heavy (non-hydrogen) atoms. The van der Waals surface area contributed by atoms with Gasteiger partial charge in [0.25, 0.3) is 0 Å². The number of hydrogen-bond donors (Lipinski definition) is 2. The molecule has 1 unspecified atom stereocenters. The summed E-state index contributed by atoms with van der Waals surface area (Å²) in [6.45, 7) is 2.27. The van der Waals surface area contributed by atoms with Gasteiger partial charge < -0.3 is 5.32 Å². The van der Waals surface area contributed by atoms with Crippen LogP contribution < -0.4 is 10.0 Å². The predicted octanol–water partition coefficient (Wildman–Crippen LogP) is 2.06. The second-order valence-electron chi connectivity index (χ2n) is 5.98. The third-order valence-corrected chi connectivity index (χ3v) is 5.91. The Kier molecular flexibility index (Phi) is 3.73. The molecule has 110 valence electrons. The van der Waals surface area contributed by atoms with E-state index in [4.69, 9.17) is 0 Å². The molecule has 1 aromatic carbocycles. The fourth-order valence-corrected chi connectivity index (χ4v) is 3.60. The van der Waals surface area contributed by atoms with Crippen molar-refractivity contribution in [1.29, 1.82) is 0 Å². The molecule has 0 bridgehead atoms. The van der Waals surface area contributed by atoms with Gasteiger partial charge in [-0.3, -0.25) is 4.72 Å². The predicted molar refractivity (Wildman–Crippen MR) is 81.5 cm³/mol. The van der Waals surface area contributed by atoms with Crippen molar-refractivity contribution in [3.63, 3.8) is 0 Å². The van der Waals surface area contributed by atoms with Crippen molar-refractivity contribution in [2.24, 2.45) is 0 Å². The lowest BCUT2D eigenvalue weighted by Gasteiger charge is -2.16. The van der Waals surface area contributed by atoms with E-state index in [1.54, 1.807) is 6.92 Å². The zero-order chi connectivity index (χ0) is 14.2. The molecule has 1 fully saturated rings. The van der Waals surface area contributed by atoms with E-state index in [9.17, 15) is 8.42 Å². The topological polar surface area (TPSA) is 58.2 Å². The Morgan fingerprint density at radius 1 is 1.25 bits per heavy atom. The number of hydrogen-bond acceptors (Lipinski definition) is 3. The van der Waals surface area contributed by atoms with Crippen molar-refractivity contribution in [1.82, 2.24) is 5.32 Å². The van der Waals surface area contributed by atoms with Gasteiger partial charge in [0, 0.05) is 18.3 Å². The van der Waals surface area contributed by atoms with E-state index in [1.165, 1.54) is 30.4 Å². The second-order valence-corrected chi connectivity index (χ2v) is 8.08. The minimum absolute atomic E-state index is 0.420. The standard InChI is InChI=1S/C15H22N2O2S/c1-11(10-16-14-7-8-14)20(18,19)17-15-6-5-12-3-2-4-13(12)9-15/h5-6,9,11,14,16-17H,2-4,7-8,10H2,1H3. The fourth-order valence-electron chi connectivity index (χ4n) is 2.63. The van der Waals surface area contributed by atoms with E-state index in [1.807, 2.05) is 18.2 Å². The first-order chi connectivity index (χ1) is 9.54. The first-order valence-electron chi connectivity index (χ1n) is 7.41. The average molecular weight is 294 g/mol.